The molecule has 1 aromatic carbocycles. The molecular weight excluding hydrogens is 323 g/mol. The Morgan fingerprint density at radius 3 is 2.08 bits per heavy atom. The van der Waals surface area contributed by atoms with Crippen LogP contribution in [0.3, 0.4) is 0 Å². The quantitative estimate of drug-likeness (QED) is 0.590. The van der Waals surface area contributed by atoms with Crippen LogP contribution in [0.25, 0.3) is 11.1 Å². The fourth-order valence-corrected chi connectivity index (χ4v) is 3.87. The summed E-state index contributed by atoms with van der Waals surface area (Å²) in [6, 6.07) is 10.8. The number of aromatic nitrogens is 1. The van der Waals surface area contributed by atoms with E-state index in [9.17, 15) is 13.2 Å². The topological polar surface area (TPSA) is 12.9 Å². The third-order valence-electron chi connectivity index (χ3n) is 5.31. The summed E-state index contributed by atoms with van der Waals surface area (Å²) in [6.45, 7) is 2.25. The van der Waals surface area contributed by atoms with Gasteiger partial charge in [-0.15, -0.1) is 0 Å². The Kier molecular flexibility index (Phi) is 5.45. The molecule has 0 amide bonds. The van der Waals surface area contributed by atoms with Crippen LogP contribution in [0, 0.1) is 5.92 Å². The second-order valence-corrected chi connectivity index (χ2v) is 7.06. The average molecular weight is 347 g/mol. The van der Waals surface area contributed by atoms with Gasteiger partial charge < -0.3 is 0 Å². The summed E-state index contributed by atoms with van der Waals surface area (Å²) in [4.78, 5) is 3.54. The molecule has 0 aliphatic heterocycles. The molecule has 1 nitrogen and oxygen atoms in total. The second kappa shape index (κ2) is 7.59. The first kappa shape index (κ1) is 18.0. The first-order valence-electron chi connectivity index (χ1n) is 9.11. The molecule has 0 atom stereocenters. The Morgan fingerprint density at radius 2 is 1.56 bits per heavy atom. The van der Waals surface area contributed by atoms with Gasteiger partial charge in [-0.25, -0.2) is 0 Å². The molecule has 1 saturated carbocycles. The van der Waals surface area contributed by atoms with Gasteiger partial charge in [0.1, 0.15) is 5.69 Å². The Morgan fingerprint density at radius 1 is 0.920 bits per heavy atom. The van der Waals surface area contributed by atoms with Gasteiger partial charge in [-0.05, 0) is 54.7 Å². The van der Waals surface area contributed by atoms with Crippen molar-refractivity contribution in [2.24, 2.45) is 5.92 Å². The molecule has 0 radical (unpaired) electrons. The van der Waals surface area contributed by atoms with Crippen LogP contribution in [0.1, 0.15) is 62.6 Å². The minimum atomic E-state index is -4.39. The van der Waals surface area contributed by atoms with Gasteiger partial charge in [0.2, 0.25) is 0 Å². The molecule has 0 bridgehead atoms. The van der Waals surface area contributed by atoms with E-state index in [1.54, 1.807) is 0 Å². The zero-order valence-electron chi connectivity index (χ0n) is 14.5. The van der Waals surface area contributed by atoms with E-state index >= 15 is 0 Å². The van der Waals surface area contributed by atoms with Crippen molar-refractivity contribution < 1.29 is 13.2 Å². The van der Waals surface area contributed by atoms with Gasteiger partial charge in [0.15, 0.2) is 0 Å². The number of rotatable bonds is 4. The fourth-order valence-electron chi connectivity index (χ4n) is 3.87. The molecule has 3 rings (SSSR count). The summed E-state index contributed by atoms with van der Waals surface area (Å²) in [5.41, 5.74) is 2.12. The monoisotopic (exact) mass is 347 g/mol. The summed E-state index contributed by atoms with van der Waals surface area (Å²) >= 11 is 0. The molecule has 134 valence electrons. The minimum Gasteiger partial charge on any atom is -0.251 e. The number of alkyl halides is 3. The van der Waals surface area contributed by atoms with E-state index in [1.807, 2.05) is 12.1 Å². The maximum Gasteiger partial charge on any atom is 0.433 e. The molecule has 0 unspecified atom stereocenters. The maximum atomic E-state index is 12.6. The van der Waals surface area contributed by atoms with Crippen molar-refractivity contribution in [3.05, 3.63) is 53.9 Å². The standard InChI is InChI=1S/C21H24F3N/c1-2-3-15-4-6-16(7-5-15)17-8-10-18(11-9-17)19-12-13-20(25-14-19)21(22,23)24/h8-16H,2-7H2,1H3/t15-,16-. The van der Waals surface area contributed by atoms with Gasteiger partial charge >= 0.3 is 6.18 Å². The van der Waals surface area contributed by atoms with Gasteiger partial charge in [0.05, 0.1) is 0 Å². The SMILES string of the molecule is CCC[C@H]1CC[C@H](c2ccc(-c3ccc(C(F)(F)F)nc3)cc2)CC1. The van der Waals surface area contributed by atoms with Crippen molar-refractivity contribution in [3.8, 4) is 11.1 Å². The largest absolute Gasteiger partial charge is 0.433 e. The predicted octanol–water partition coefficient (Wildman–Crippen LogP) is 6.84. The first-order valence-corrected chi connectivity index (χ1v) is 9.11. The molecule has 0 spiro atoms. The minimum absolute atomic E-state index is 0.618. The Balaban J connectivity index is 1.66. The van der Waals surface area contributed by atoms with Crippen LogP contribution in [0.15, 0.2) is 42.6 Å². The number of hydrogen-bond donors (Lipinski definition) is 0. The lowest BCUT2D eigenvalue weighted by Gasteiger charge is -2.28. The van der Waals surface area contributed by atoms with E-state index < -0.39 is 11.9 Å². The van der Waals surface area contributed by atoms with Gasteiger partial charge in [-0.2, -0.15) is 13.2 Å². The number of nitrogens with zero attached hydrogens (tertiary/aromatic N) is 1. The van der Waals surface area contributed by atoms with E-state index in [4.69, 9.17) is 0 Å². The lowest BCUT2D eigenvalue weighted by atomic mass is 9.77. The van der Waals surface area contributed by atoms with E-state index in [-0.39, 0.29) is 0 Å². The molecule has 2 aromatic rings. The van der Waals surface area contributed by atoms with Gasteiger partial charge in [0, 0.05) is 11.8 Å². The second-order valence-electron chi connectivity index (χ2n) is 7.06. The van der Waals surface area contributed by atoms with Crippen LogP contribution >= 0.6 is 0 Å². The summed E-state index contributed by atoms with van der Waals surface area (Å²) < 4.78 is 37.8. The molecule has 1 fully saturated rings. The normalized spacial score (nSPS) is 21.3. The molecule has 1 aliphatic rings. The van der Waals surface area contributed by atoms with Crippen LogP contribution in [0.5, 0.6) is 0 Å². The third kappa shape index (κ3) is 4.42. The molecule has 25 heavy (non-hydrogen) atoms. The zero-order valence-corrected chi connectivity index (χ0v) is 14.5. The maximum absolute atomic E-state index is 12.6. The Hall–Kier alpha value is -1.84. The molecule has 1 aliphatic carbocycles. The van der Waals surface area contributed by atoms with E-state index in [2.05, 4.69) is 24.0 Å². The highest BCUT2D eigenvalue weighted by Gasteiger charge is 2.32. The number of halogens is 3. The van der Waals surface area contributed by atoms with Crippen molar-refractivity contribution in [1.82, 2.24) is 4.98 Å². The molecule has 1 heterocycles. The summed E-state index contributed by atoms with van der Waals surface area (Å²) in [7, 11) is 0. The molecule has 4 heteroatoms. The predicted molar refractivity (Wildman–Crippen MR) is 94.3 cm³/mol. The van der Waals surface area contributed by atoms with Crippen molar-refractivity contribution in [1.29, 1.82) is 0 Å². The van der Waals surface area contributed by atoms with Crippen molar-refractivity contribution in [2.75, 3.05) is 0 Å². The van der Waals surface area contributed by atoms with Crippen LogP contribution < -0.4 is 0 Å². The van der Waals surface area contributed by atoms with Crippen molar-refractivity contribution >= 4 is 0 Å². The van der Waals surface area contributed by atoms with Crippen LogP contribution in [-0.2, 0) is 6.18 Å². The number of pyridine rings is 1. The summed E-state index contributed by atoms with van der Waals surface area (Å²) in [6.07, 6.45) is 4.62. The number of benzene rings is 1. The summed E-state index contributed by atoms with van der Waals surface area (Å²) in [5.74, 6) is 1.51. The highest BCUT2D eigenvalue weighted by Crippen LogP contribution is 2.38. The van der Waals surface area contributed by atoms with E-state index in [1.165, 1.54) is 56.4 Å². The van der Waals surface area contributed by atoms with Crippen LogP contribution in [-0.4, -0.2) is 4.98 Å². The third-order valence-corrected chi connectivity index (χ3v) is 5.31. The summed E-state index contributed by atoms with van der Waals surface area (Å²) in [5, 5.41) is 0. The highest BCUT2D eigenvalue weighted by atomic mass is 19.4. The molecule has 1 aromatic heterocycles. The van der Waals surface area contributed by atoms with E-state index in [0.717, 1.165) is 17.5 Å². The molecule has 0 saturated heterocycles. The van der Waals surface area contributed by atoms with Gasteiger partial charge in [0.25, 0.3) is 0 Å². The smallest absolute Gasteiger partial charge is 0.251 e. The molecular formula is C21H24F3N. The lowest BCUT2D eigenvalue weighted by Crippen LogP contribution is -2.13. The van der Waals surface area contributed by atoms with Gasteiger partial charge in [-0.1, -0.05) is 50.1 Å². The Labute approximate surface area is 147 Å². The van der Waals surface area contributed by atoms with Crippen LogP contribution in [0.4, 0.5) is 13.2 Å². The Bertz CT molecular complexity index is 666. The first-order chi connectivity index (χ1) is 12.0. The lowest BCUT2D eigenvalue weighted by molar-refractivity contribution is -0.141. The highest BCUT2D eigenvalue weighted by molar-refractivity contribution is 5.62. The van der Waals surface area contributed by atoms with Crippen molar-refractivity contribution in [2.45, 2.75) is 57.5 Å². The van der Waals surface area contributed by atoms with Crippen LogP contribution in [0.2, 0.25) is 0 Å². The molecule has 0 N–H and O–H groups in total. The van der Waals surface area contributed by atoms with Gasteiger partial charge in [-0.3, -0.25) is 4.98 Å². The number of hydrogen-bond acceptors (Lipinski definition) is 1. The van der Waals surface area contributed by atoms with Crippen molar-refractivity contribution in [3.63, 3.8) is 0 Å². The van der Waals surface area contributed by atoms with E-state index in [0.29, 0.717) is 11.5 Å². The zero-order chi connectivity index (χ0) is 17.9. The fraction of sp³-hybridized carbons (Fsp3) is 0.476. The average Bonchev–Trinajstić information content (AvgIpc) is 2.62.